The molecule has 0 radical (unpaired) electrons. The van der Waals surface area contributed by atoms with E-state index in [2.05, 4.69) is 4.98 Å². The Bertz CT molecular complexity index is 818. The summed E-state index contributed by atoms with van der Waals surface area (Å²) in [6, 6.07) is 7.41. The molecule has 1 aromatic carbocycles. The molecule has 5 nitrogen and oxygen atoms in total. The van der Waals surface area contributed by atoms with Crippen LogP contribution in [0.4, 0.5) is 8.78 Å². The Kier molecular flexibility index (Phi) is 5.03. The average Bonchev–Trinajstić information content (AvgIpc) is 3.09. The minimum absolute atomic E-state index is 0.0733. The summed E-state index contributed by atoms with van der Waals surface area (Å²) in [5.41, 5.74) is 0.0733. The van der Waals surface area contributed by atoms with E-state index in [9.17, 15) is 13.6 Å². The number of ether oxygens (including phenoxy) is 2. The van der Waals surface area contributed by atoms with Crippen LogP contribution in [0.3, 0.4) is 0 Å². The fourth-order valence-electron chi connectivity index (χ4n) is 3.89. The molecule has 142 valence electrons. The molecule has 0 N–H and O–H groups in total. The predicted molar refractivity (Wildman–Crippen MR) is 93.2 cm³/mol. The van der Waals surface area contributed by atoms with Crippen LogP contribution in [-0.4, -0.2) is 47.2 Å². The highest BCUT2D eigenvalue weighted by Gasteiger charge is 2.45. The van der Waals surface area contributed by atoms with Crippen LogP contribution >= 0.6 is 0 Å². The summed E-state index contributed by atoms with van der Waals surface area (Å²) in [5, 5.41) is 0. The number of benzene rings is 1. The SMILES string of the molecule is O=C(Cc1cccc(F)c1F)N1CCO[C@H]2[C@H](Oc3cccnc3)CC[C@@H]21. The summed E-state index contributed by atoms with van der Waals surface area (Å²) in [5.74, 6) is -1.46. The lowest BCUT2D eigenvalue weighted by Gasteiger charge is -2.39. The van der Waals surface area contributed by atoms with Crippen LogP contribution in [0.25, 0.3) is 0 Å². The van der Waals surface area contributed by atoms with Gasteiger partial charge in [-0.1, -0.05) is 12.1 Å². The minimum atomic E-state index is -0.958. The number of rotatable bonds is 4. The fourth-order valence-corrected chi connectivity index (χ4v) is 3.89. The number of hydrogen-bond donors (Lipinski definition) is 0. The van der Waals surface area contributed by atoms with E-state index < -0.39 is 11.6 Å². The number of hydrogen-bond acceptors (Lipinski definition) is 4. The monoisotopic (exact) mass is 374 g/mol. The molecule has 0 bridgehead atoms. The van der Waals surface area contributed by atoms with E-state index in [0.717, 1.165) is 18.9 Å². The van der Waals surface area contributed by atoms with E-state index in [-0.39, 0.29) is 36.1 Å². The molecule has 2 aliphatic rings. The van der Waals surface area contributed by atoms with Crippen molar-refractivity contribution in [2.75, 3.05) is 13.2 Å². The zero-order valence-electron chi connectivity index (χ0n) is 14.7. The lowest BCUT2D eigenvalue weighted by atomic mass is 10.1. The van der Waals surface area contributed by atoms with Gasteiger partial charge in [0.25, 0.3) is 0 Å². The summed E-state index contributed by atoms with van der Waals surface area (Å²) in [6.07, 6.45) is 4.25. The summed E-state index contributed by atoms with van der Waals surface area (Å²) < 4.78 is 39.2. The number of fused-ring (bicyclic) bond motifs is 1. The average molecular weight is 374 g/mol. The Hall–Kier alpha value is -2.54. The first-order valence-corrected chi connectivity index (χ1v) is 9.04. The molecule has 1 saturated carbocycles. The fraction of sp³-hybridized carbons (Fsp3) is 0.400. The van der Waals surface area contributed by atoms with Crippen LogP contribution in [-0.2, 0) is 16.0 Å². The predicted octanol–water partition coefficient (Wildman–Crippen LogP) is 2.74. The summed E-state index contributed by atoms with van der Waals surface area (Å²) >= 11 is 0. The number of carbonyl (C=O) groups excluding carboxylic acids is 1. The van der Waals surface area contributed by atoms with Gasteiger partial charge in [0.15, 0.2) is 11.6 Å². The molecule has 3 atom stereocenters. The molecule has 2 aromatic rings. The standard InChI is InChI=1S/C20H20F2N2O3/c21-15-5-1-3-13(19(15)22)11-18(25)24-9-10-26-20-16(24)6-7-17(20)27-14-4-2-8-23-12-14/h1-5,8,12,16-17,20H,6-7,9-11H2/t16-,17+,20+/m0/s1. The minimum Gasteiger partial charge on any atom is -0.486 e. The zero-order chi connectivity index (χ0) is 18.8. The number of amides is 1. The van der Waals surface area contributed by atoms with Crippen molar-refractivity contribution in [3.8, 4) is 5.75 Å². The molecule has 1 aliphatic carbocycles. The number of halogens is 2. The van der Waals surface area contributed by atoms with Crippen LogP contribution in [0, 0.1) is 11.6 Å². The van der Waals surface area contributed by atoms with Crippen molar-refractivity contribution in [1.82, 2.24) is 9.88 Å². The molecule has 0 unspecified atom stereocenters. The highest BCUT2D eigenvalue weighted by atomic mass is 19.2. The maximum absolute atomic E-state index is 13.9. The largest absolute Gasteiger partial charge is 0.486 e. The highest BCUT2D eigenvalue weighted by Crippen LogP contribution is 2.33. The summed E-state index contributed by atoms with van der Waals surface area (Å²) in [6.45, 7) is 0.835. The van der Waals surface area contributed by atoms with Crippen LogP contribution in [0.15, 0.2) is 42.7 Å². The van der Waals surface area contributed by atoms with Gasteiger partial charge < -0.3 is 14.4 Å². The van der Waals surface area contributed by atoms with Crippen molar-refractivity contribution < 1.29 is 23.0 Å². The second-order valence-electron chi connectivity index (χ2n) is 6.80. The van der Waals surface area contributed by atoms with Gasteiger partial charge in [-0.25, -0.2) is 8.78 Å². The van der Waals surface area contributed by atoms with E-state index in [1.807, 2.05) is 6.07 Å². The maximum Gasteiger partial charge on any atom is 0.227 e. The van der Waals surface area contributed by atoms with Crippen molar-refractivity contribution in [1.29, 1.82) is 0 Å². The number of pyridine rings is 1. The van der Waals surface area contributed by atoms with Crippen molar-refractivity contribution >= 4 is 5.91 Å². The third kappa shape index (κ3) is 3.64. The van der Waals surface area contributed by atoms with Gasteiger partial charge in [0.1, 0.15) is 18.0 Å². The first kappa shape index (κ1) is 17.9. The third-order valence-corrected chi connectivity index (χ3v) is 5.15. The lowest BCUT2D eigenvalue weighted by molar-refractivity contribution is -0.147. The highest BCUT2D eigenvalue weighted by molar-refractivity contribution is 5.79. The molecule has 1 aromatic heterocycles. The number of nitrogens with zero attached hydrogens (tertiary/aromatic N) is 2. The molecule has 1 aliphatic heterocycles. The van der Waals surface area contributed by atoms with Gasteiger partial charge in [0.2, 0.25) is 5.91 Å². The quantitative estimate of drug-likeness (QED) is 0.826. The molecule has 7 heteroatoms. The molecule has 4 rings (SSSR count). The molecule has 27 heavy (non-hydrogen) atoms. The normalized spacial score (nSPS) is 24.5. The Labute approximate surface area is 155 Å². The molecular weight excluding hydrogens is 354 g/mol. The molecule has 2 heterocycles. The van der Waals surface area contributed by atoms with Crippen LogP contribution in [0.1, 0.15) is 18.4 Å². The van der Waals surface area contributed by atoms with Gasteiger partial charge in [-0.05, 0) is 31.0 Å². The number of aromatic nitrogens is 1. The van der Waals surface area contributed by atoms with Crippen molar-refractivity contribution in [2.45, 2.75) is 37.5 Å². The Morgan fingerprint density at radius 2 is 2.15 bits per heavy atom. The topological polar surface area (TPSA) is 51.7 Å². The van der Waals surface area contributed by atoms with Crippen molar-refractivity contribution in [3.63, 3.8) is 0 Å². The van der Waals surface area contributed by atoms with Crippen LogP contribution < -0.4 is 4.74 Å². The third-order valence-electron chi connectivity index (χ3n) is 5.15. The number of carbonyl (C=O) groups is 1. The van der Waals surface area contributed by atoms with E-state index in [4.69, 9.17) is 9.47 Å². The van der Waals surface area contributed by atoms with Gasteiger partial charge in [-0.3, -0.25) is 9.78 Å². The van der Waals surface area contributed by atoms with Gasteiger partial charge >= 0.3 is 0 Å². The first-order valence-electron chi connectivity index (χ1n) is 9.04. The Morgan fingerprint density at radius 1 is 1.26 bits per heavy atom. The van der Waals surface area contributed by atoms with E-state index in [0.29, 0.717) is 18.9 Å². The van der Waals surface area contributed by atoms with Crippen LogP contribution in [0.2, 0.25) is 0 Å². The summed E-state index contributed by atoms with van der Waals surface area (Å²) in [7, 11) is 0. The zero-order valence-corrected chi connectivity index (χ0v) is 14.7. The maximum atomic E-state index is 13.9. The second-order valence-corrected chi connectivity index (χ2v) is 6.80. The van der Waals surface area contributed by atoms with Crippen molar-refractivity contribution in [2.24, 2.45) is 0 Å². The van der Waals surface area contributed by atoms with Crippen molar-refractivity contribution in [3.05, 3.63) is 59.9 Å². The molecule has 1 amide bonds. The van der Waals surface area contributed by atoms with E-state index in [1.54, 1.807) is 23.4 Å². The first-order chi connectivity index (χ1) is 13.1. The smallest absolute Gasteiger partial charge is 0.227 e. The molecule has 0 spiro atoms. The van der Waals surface area contributed by atoms with Gasteiger partial charge in [0, 0.05) is 18.3 Å². The van der Waals surface area contributed by atoms with Gasteiger partial charge in [0.05, 0.1) is 25.3 Å². The second kappa shape index (κ2) is 7.60. The van der Waals surface area contributed by atoms with Crippen LogP contribution in [0.5, 0.6) is 5.75 Å². The van der Waals surface area contributed by atoms with E-state index >= 15 is 0 Å². The van der Waals surface area contributed by atoms with Gasteiger partial charge in [-0.15, -0.1) is 0 Å². The molecule has 1 saturated heterocycles. The molecule has 2 fully saturated rings. The molecular formula is C20H20F2N2O3. The lowest BCUT2D eigenvalue weighted by Crippen LogP contribution is -2.54. The van der Waals surface area contributed by atoms with Gasteiger partial charge in [-0.2, -0.15) is 0 Å². The van der Waals surface area contributed by atoms with E-state index in [1.165, 1.54) is 12.1 Å². The Balaban J connectivity index is 1.45. The number of morpholine rings is 1. The Morgan fingerprint density at radius 3 is 2.96 bits per heavy atom. The summed E-state index contributed by atoms with van der Waals surface area (Å²) in [4.78, 5) is 18.5.